The van der Waals surface area contributed by atoms with Crippen LogP contribution in [0.15, 0.2) is 17.1 Å². The van der Waals surface area contributed by atoms with Gasteiger partial charge in [0.15, 0.2) is 0 Å². The topological polar surface area (TPSA) is 142 Å². The minimum Gasteiger partial charge on any atom is -0.477 e. The zero-order valence-corrected chi connectivity index (χ0v) is 29.6. The molecule has 266 valence electrons. The van der Waals surface area contributed by atoms with Gasteiger partial charge in [0.05, 0.1) is 45.4 Å². The number of aromatic carboxylic acids is 1. The third-order valence-electron chi connectivity index (χ3n) is 10.6. The number of rotatable bonds is 6. The Morgan fingerprint density at radius 1 is 0.918 bits per heavy atom. The lowest BCUT2D eigenvalue weighted by molar-refractivity contribution is 0.0482. The summed E-state index contributed by atoms with van der Waals surface area (Å²) in [6.45, 7) is 12.8. The van der Waals surface area contributed by atoms with Gasteiger partial charge in [-0.1, -0.05) is 11.6 Å². The Bertz CT molecular complexity index is 1810. The molecule has 7 rings (SSSR count). The summed E-state index contributed by atoms with van der Waals surface area (Å²) in [7, 11) is 0. The molecule has 49 heavy (non-hydrogen) atoms. The van der Waals surface area contributed by atoms with Crippen LogP contribution in [0, 0.1) is 10.8 Å². The molecule has 5 aliphatic rings. The lowest BCUT2D eigenvalue weighted by Crippen LogP contribution is -2.44. The number of nitrogens with zero attached hydrogens (tertiary/aromatic N) is 3. The number of ether oxygens (including phenoxy) is 2. The molecule has 4 atom stereocenters. The number of fused-ring (bicyclic) bond motifs is 1. The summed E-state index contributed by atoms with van der Waals surface area (Å²) in [5.41, 5.74) is -1.32. The molecule has 0 bridgehead atoms. The van der Waals surface area contributed by atoms with Crippen LogP contribution in [-0.2, 0) is 9.47 Å². The molecule has 14 heteroatoms. The minimum atomic E-state index is -1.40. The van der Waals surface area contributed by atoms with Gasteiger partial charge in [-0.25, -0.2) is 18.8 Å². The molecular formula is C35H45ClFN5O7. The summed E-state index contributed by atoms with van der Waals surface area (Å²) in [4.78, 5) is 56.0. The maximum Gasteiger partial charge on any atom is 0.407 e. The standard InChI is InChI=1S/C35H45ClFN5O7/c1-32(2,3)48-30(46)38-23-14-40(16-34(23)7-8-34)22-11-18-26(42(21-12-20(21)37)13-19(28(18)43)29(44)45)25(36)27(22)41-15-24(35(17-41)9-10-35)39-31(47)49-33(4,5)6/h11,13,20-21,23-24H,7-10,12,14-17H2,1-6H3,(H,38,46)(H,39,47)(H,44,45)/t20-,21+,23+,24+/m0/s1. The molecule has 3 heterocycles. The number of alkyl halides is 1. The maximum absolute atomic E-state index is 14.6. The highest BCUT2D eigenvalue weighted by Gasteiger charge is 2.58. The number of hydrogen-bond donors (Lipinski definition) is 3. The molecule has 2 spiro atoms. The van der Waals surface area contributed by atoms with Crippen LogP contribution in [-0.4, -0.2) is 83.5 Å². The number of alkyl carbamates (subject to hydrolysis) is 2. The van der Waals surface area contributed by atoms with E-state index >= 15 is 0 Å². The first-order valence-electron chi connectivity index (χ1n) is 17.1. The van der Waals surface area contributed by atoms with E-state index in [1.165, 1.54) is 10.8 Å². The Hall–Kier alpha value is -3.74. The zero-order chi connectivity index (χ0) is 35.4. The fraction of sp³-hybridized carbons (Fsp3) is 0.657. The van der Waals surface area contributed by atoms with Crippen LogP contribution in [0.1, 0.15) is 90.0 Å². The second-order valence-electron chi connectivity index (χ2n) is 16.7. The van der Waals surface area contributed by atoms with Gasteiger partial charge >= 0.3 is 18.2 Å². The van der Waals surface area contributed by atoms with E-state index in [1.54, 1.807) is 6.07 Å². The Balaban J connectivity index is 1.32. The van der Waals surface area contributed by atoms with Gasteiger partial charge in [-0.2, -0.15) is 0 Å². The van der Waals surface area contributed by atoms with Crippen LogP contribution in [0.4, 0.5) is 25.4 Å². The molecule has 2 amide bonds. The predicted molar refractivity (Wildman–Crippen MR) is 183 cm³/mol. The fourth-order valence-corrected chi connectivity index (χ4v) is 8.18. The lowest BCUT2D eigenvalue weighted by atomic mass is 10.0. The van der Waals surface area contributed by atoms with Crippen molar-refractivity contribution in [3.05, 3.63) is 33.1 Å². The third-order valence-corrected chi connectivity index (χ3v) is 11.0. The molecule has 0 unspecified atom stereocenters. The number of carbonyl (C=O) groups is 3. The SMILES string of the molecule is CC(C)(C)OC(=O)N[C@@H]1CN(c2cc3c(=O)c(C(=O)O)cn([C@@H]4C[C@@H]4F)c3c(Cl)c2N2C[C@@H](NC(=O)OC(C)(C)C)C3(CC3)C2)CC12CC2. The molecule has 3 saturated carbocycles. The van der Waals surface area contributed by atoms with E-state index < -0.39 is 52.6 Å². The quantitative estimate of drug-likeness (QED) is 0.350. The number of amides is 2. The van der Waals surface area contributed by atoms with Crippen LogP contribution >= 0.6 is 11.6 Å². The number of pyridine rings is 1. The highest BCUT2D eigenvalue weighted by atomic mass is 35.5. The Kier molecular flexibility index (Phi) is 7.67. The van der Waals surface area contributed by atoms with Gasteiger partial charge in [-0.05, 0) is 73.3 Å². The number of anilines is 2. The summed E-state index contributed by atoms with van der Waals surface area (Å²) >= 11 is 7.37. The van der Waals surface area contributed by atoms with E-state index in [0.717, 1.165) is 25.7 Å². The highest BCUT2D eigenvalue weighted by molar-refractivity contribution is 6.39. The lowest BCUT2D eigenvalue weighted by Gasteiger charge is -2.30. The van der Waals surface area contributed by atoms with Crippen molar-refractivity contribution in [2.45, 2.75) is 109 Å². The molecule has 2 saturated heterocycles. The zero-order valence-electron chi connectivity index (χ0n) is 28.8. The smallest absolute Gasteiger partial charge is 0.407 e. The van der Waals surface area contributed by atoms with Crippen LogP contribution in [0.2, 0.25) is 5.02 Å². The first kappa shape index (κ1) is 33.7. The van der Waals surface area contributed by atoms with E-state index in [0.29, 0.717) is 37.6 Å². The van der Waals surface area contributed by atoms with Crippen molar-refractivity contribution < 1.29 is 33.4 Å². The summed E-state index contributed by atoms with van der Waals surface area (Å²) in [6.07, 6.45) is 2.79. The largest absolute Gasteiger partial charge is 0.477 e. The van der Waals surface area contributed by atoms with Crippen molar-refractivity contribution in [3.8, 4) is 0 Å². The van der Waals surface area contributed by atoms with Crippen LogP contribution < -0.4 is 25.9 Å². The summed E-state index contributed by atoms with van der Waals surface area (Å²) < 4.78 is 27.3. The molecule has 3 aliphatic carbocycles. The van der Waals surface area contributed by atoms with Crippen molar-refractivity contribution in [1.82, 2.24) is 15.2 Å². The molecular weight excluding hydrogens is 657 g/mol. The summed E-state index contributed by atoms with van der Waals surface area (Å²) in [5, 5.41) is 16.4. The third kappa shape index (κ3) is 6.27. The van der Waals surface area contributed by atoms with Crippen molar-refractivity contribution in [1.29, 1.82) is 0 Å². The minimum absolute atomic E-state index is 0.0971. The van der Waals surface area contributed by atoms with Crippen molar-refractivity contribution in [3.63, 3.8) is 0 Å². The maximum atomic E-state index is 14.6. The number of carboxylic acid groups (broad SMARTS) is 1. The molecule has 5 fully saturated rings. The molecule has 2 aliphatic heterocycles. The van der Waals surface area contributed by atoms with Crippen LogP contribution in [0.5, 0.6) is 0 Å². The van der Waals surface area contributed by atoms with E-state index in [-0.39, 0.29) is 45.3 Å². The van der Waals surface area contributed by atoms with E-state index in [2.05, 4.69) is 20.4 Å². The molecule has 3 N–H and O–H groups in total. The molecule has 12 nitrogen and oxygen atoms in total. The van der Waals surface area contributed by atoms with E-state index in [1.807, 2.05) is 41.5 Å². The average molecular weight is 702 g/mol. The second-order valence-corrected chi connectivity index (χ2v) is 17.1. The van der Waals surface area contributed by atoms with E-state index in [4.69, 9.17) is 21.1 Å². The van der Waals surface area contributed by atoms with Gasteiger partial charge < -0.3 is 39.6 Å². The molecule has 1 aromatic heterocycles. The number of carboxylic acids is 1. The molecule has 0 radical (unpaired) electrons. The summed E-state index contributed by atoms with van der Waals surface area (Å²) in [6, 6.07) is 0.584. The Morgan fingerprint density at radius 3 is 1.86 bits per heavy atom. The van der Waals surface area contributed by atoms with Gasteiger partial charge in [-0.3, -0.25) is 4.79 Å². The number of halogens is 2. The Morgan fingerprint density at radius 2 is 1.41 bits per heavy atom. The number of carbonyl (C=O) groups excluding carboxylic acids is 2. The highest BCUT2D eigenvalue weighted by Crippen LogP contribution is 2.58. The normalized spacial score (nSPS) is 26.3. The van der Waals surface area contributed by atoms with Crippen LogP contribution in [0.25, 0.3) is 10.9 Å². The van der Waals surface area contributed by atoms with Gasteiger partial charge in [0, 0.05) is 49.6 Å². The average Bonchev–Trinajstić information content (AvgIpc) is 3.89. The Labute approximate surface area is 289 Å². The number of hydrogen-bond acceptors (Lipinski definition) is 8. The second kappa shape index (κ2) is 11.1. The van der Waals surface area contributed by atoms with E-state index in [9.17, 15) is 28.7 Å². The van der Waals surface area contributed by atoms with Crippen molar-refractivity contribution >= 4 is 52.0 Å². The van der Waals surface area contributed by atoms with Crippen LogP contribution in [0.3, 0.4) is 0 Å². The van der Waals surface area contributed by atoms with Gasteiger partial charge in [0.25, 0.3) is 0 Å². The fourth-order valence-electron chi connectivity index (χ4n) is 7.77. The monoisotopic (exact) mass is 701 g/mol. The molecule has 2 aromatic rings. The van der Waals surface area contributed by atoms with Gasteiger partial charge in [0.2, 0.25) is 5.43 Å². The predicted octanol–water partition coefficient (Wildman–Crippen LogP) is 5.62. The number of nitrogens with one attached hydrogen (secondary N) is 2. The van der Waals surface area contributed by atoms with Crippen molar-refractivity contribution in [2.75, 3.05) is 36.0 Å². The van der Waals surface area contributed by atoms with Gasteiger partial charge in [0.1, 0.15) is 22.9 Å². The van der Waals surface area contributed by atoms with Gasteiger partial charge in [-0.15, -0.1) is 0 Å². The first-order chi connectivity index (χ1) is 22.8. The summed E-state index contributed by atoms with van der Waals surface area (Å²) in [5.74, 6) is -1.40. The van der Waals surface area contributed by atoms with Crippen molar-refractivity contribution in [2.24, 2.45) is 10.8 Å². The number of aromatic nitrogens is 1. The first-order valence-corrected chi connectivity index (χ1v) is 17.5. The molecule has 1 aromatic carbocycles. The number of benzene rings is 1.